The maximum absolute atomic E-state index is 10.3. The van der Waals surface area contributed by atoms with E-state index in [4.69, 9.17) is 11.5 Å². The molecule has 0 amide bonds. The van der Waals surface area contributed by atoms with Crippen LogP contribution in [0.25, 0.3) is 11.2 Å². The minimum atomic E-state index is -1.18. The minimum Gasteiger partial charge on any atom is -0.549 e. The van der Waals surface area contributed by atoms with Crippen molar-refractivity contribution in [1.29, 1.82) is 0 Å². The largest absolute Gasteiger partial charge is 0.549 e. The van der Waals surface area contributed by atoms with Gasteiger partial charge >= 0.3 is 0 Å². The Morgan fingerprint density at radius 1 is 1.38 bits per heavy atom. The zero-order valence-electron chi connectivity index (χ0n) is 7.93. The van der Waals surface area contributed by atoms with E-state index in [0.717, 1.165) is 11.8 Å². The number of nitrogens with zero attached hydrogens (tertiary/aromatic N) is 3. The summed E-state index contributed by atoms with van der Waals surface area (Å²) in [7, 11) is 0. The molecule has 0 bridgehead atoms. The Hall–Kier alpha value is -2.03. The van der Waals surface area contributed by atoms with Crippen molar-refractivity contribution in [1.82, 2.24) is 19.9 Å². The van der Waals surface area contributed by atoms with Crippen LogP contribution in [0.2, 0.25) is 0 Å². The van der Waals surface area contributed by atoms with Gasteiger partial charge in [0.15, 0.2) is 16.6 Å². The lowest BCUT2D eigenvalue weighted by atomic mass is 10.5. The van der Waals surface area contributed by atoms with Crippen molar-refractivity contribution < 1.29 is 9.90 Å². The molecule has 0 aromatic carbocycles. The van der Waals surface area contributed by atoms with Crippen molar-refractivity contribution in [2.75, 3.05) is 17.2 Å². The fraction of sp³-hybridized carbons (Fsp3) is 0.143. The number of carboxylic acid groups (broad SMARTS) is 1. The second kappa shape index (κ2) is 3.85. The number of anilines is 2. The SMILES string of the molecule is Nc1nc(N)c2[nH]c(SCC(=O)[O-])nc2n1. The number of aromatic nitrogens is 4. The molecular formula is C7H7N6O2S-. The van der Waals surface area contributed by atoms with Crippen LogP contribution in [-0.2, 0) is 4.79 Å². The number of carbonyl (C=O) groups is 1. The van der Waals surface area contributed by atoms with Gasteiger partial charge in [0.2, 0.25) is 5.95 Å². The molecule has 2 rings (SSSR count). The summed E-state index contributed by atoms with van der Waals surface area (Å²) in [4.78, 5) is 24.7. The molecule has 0 aliphatic heterocycles. The van der Waals surface area contributed by atoms with E-state index in [2.05, 4.69) is 19.9 Å². The number of hydrogen-bond donors (Lipinski definition) is 3. The highest BCUT2D eigenvalue weighted by atomic mass is 32.2. The van der Waals surface area contributed by atoms with Crippen molar-refractivity contribution in [3.05, 3.63) is 0 Å². The Balaban J connectivity index is 2.36. The highest BCUT2D eigenvalue weighted by Crippen LogP contribution is 2.21. The molecule has 0 unspecified atom stereocenters. The van der Waals surface area contributed by atoms with Gasteiger partial charge in [0.05, 0.1) is 5.97 Å². The fourth-order valence-corrected chi connectivity index (χ4v) is 1.69. The summed E-state index contributed by atoms with van der Waals surface area (Å²) in [6.45, 7) is 0. The van der Waals surface area contributed by atoms with Crippen molar-refractivity contribution in [2.45, 2.75) is 5.16 Å². The molecule has 8 nitrogen and oxygen atoms in total. The normalized spacial score (nSPS) is 10.8. The third kappa shape index (κ3) is 1.98. The second-order valence-electron chi connectivity index (χ2n) is 2.87. The Bertz CT molecular complexity index is 553. The number of carboxylic acids is 1. The summed E-state index contributed by atoms with van der Waals surface area (Å²) in [6.07, 6.45) is 0. The van der Waals surface area contributed by atoms with Crippen molar-refractivity contribution in [3.63, 3.8) is 0 Å². The number of aromatic amines is 1. The molecule has 2 aromatic heterocycles. The number of nitrogen functional groups attached to an aromatic ring is 2. The van der Waals surface area contributed by atoms with Gasteiger partial charge < -0.3 is 26.4 Å². The fourth-order valence-electron chi connectivity index (χ4n) is 1.11. The summed E-state index contributed by atoms with van der Waals surface area (Å²) >= 11 is 0.976. The molecule has 2 heterocycles. The first-order chi connectivity index (χ1) is 7.56. The number of nitrogens with one attached hydrogen (secondary N) is 1. The predicted octanol–water partition coefficient (Wildman–Crippen LogP) is -1.64. The lowest BCUT2D eigenvalue weighted by molar-refractivity contribution is -0.301. The Labute approximate surface area is 93.5 Å². The molecule has 0 fully saturated rings. The number of aliphatic carboxylic acids is 1. The van der Waals surface area contributed by atoms with Gasteiger partial charge in [-0.15, -0.1) is 0 Å². The van der Waals surface area contributed by atoms with Gasteiger partial charge in [0.25, 0.3) is 0 Å². The standard InChI is InChI=1S/C7H8N6O2S/c8-4-3-5(12-6(9)11-4)13-7(10-3)16-1-2(14)15/h1H2,(H,14,15)(H5,8,9,10,11,12,13)/p-1. The lowest BCUT2D eigenvalue weighted by Crippen LogP contribution is -2.24. The van der Waals surface area contributed by atoms with Crippen LogP contribution in [0.4, 0.5) is 11.8 Å². The van der Waals surface area contributed by atoms with Gasteiger partial charge in [0.1, 0.15) is 5.52 Å². The van der Waals surface area contributed by atoms with Gasteiger partial charge in [-0.2, -0.15) is 9.97 Å². The summed E-state index contributed by atoms with van der Waals surface area (Å²) < 4.78 is 0. The molecule has 9 heteroatoms. The molecule has 0 saturated heterocycles. The summed E-state index contributed by atoms with van der Waals surface area (Å²) in [6, 6.07) is 0. The quantitative estimate of drug-likeness (QED) is 0.540. The number of imidazole rings is 1. The molecule has 0 aliphatic carbocycles. The third-order valence-electron chi connectivity index (χ3n) is 1.70. The van der Waals surface area contributed by atoms with Gasteiger partial charge in [0, 0.05) is 5.75 Å². The average Bonchev–Trinajstić information content (AvgIpc) is 2.57. The van der Waals surface area contributed by atoms with Crippen LogP contribution in [0.3, 0.4) is 0 Å². The van der Waals surface area contributed by atoms with Gasteiger partial charge in [-0.25, -0.2) is 4.98 Å². The molecule has 0 aliphatic rings. The topological polar surface area (TPSA) is 147 Å². The minimum absolute atomic E-state index is 0.0213. The number of carbonyl (C=O) groups excluding carboxylic acids is 1. The molecule has 16 heavy (non-hydrogen) atoms. The van der Waals surface area contributed by atoms with E-state index in [-0.39, 0.29) is 17.5 Å². The molecule has 0 radical (unpaired) electrons. The number of H-pyrrole nitrogens is 1. The highest BCUT2D eigenvalue weighted by molar-refractivity contribution is 7.99. The number of rotatable bonds is 3. The maximum atomic E-state index is 10.3. The van der Waals surface area contributed by atoms with E-state index in [1.54, 1.807) is 0 Å². The van der Waals surface area contributed by atoms with Crippen molar-refractivity contribution in [3.8, 4) is 0 Å². The zero-order valence-corrected chi connectivity index (χ0v) is 8.74. The van der Waals surface area contributed by atoms with E-state index in [0.29, 0.717) is 16.3 Å². The first-order valence-corrected chi connectivity index (χ1v) is 5.16. The highest BCUT2D eigenvalue weighted by Gasteiger charge is 2.09. The smallest absolute Gasteiger partial charge is 0.224 e. The van der Waals surface area contributed by atoms with Crippen LogP contribution >= 0.6 is 11.8 Å². The maximum Gasteiger partial charge on any atom is 0.224 e. The zero-order chi connectivity index (χ0) is 11.7. The van der Waals surface area contributed by atoms with E-state index in [1.807, 2.05) is 0 Å². The van der Waals surface area contributed by atoms with E-state index < -0.39 is 5.97 Å². The molecule has 0 spiro atoms. The molecule has 84 valence electrons. The Morgan fingerprint density at radius 2 is 2.12 bits per heavy atom. The first kappa shape index (κ1) is 10.5. The molecular weight excluding hydrogens is 232 g/mol. The first-order valence-electron chi connectivity index (χ1n) is 4.17. The van der Waals surface area contributed by atoms with Crippen LogP contribution in [0.5, 0.6) is 0 Å². The van der Waals surface area contributed by atoms with Crippen molar-refractivity contribution >= 4 is 40.7 Å². The van der Waals surface area contributed by atoms with E-state index >= 15 is 0 Å². The molecule has 2 aromatic rings. The predicted molar refractivity (Wildman–Crippen MR) is 56.2 cm³/mol. The molecule has 0 atom stereocenters. The lowest BCUT2D eigenvalue weighted by Gasteiger charge is -1.97. The average molecular weight is 239 g/mol. The second-order valence-corrected chi connectivity index (χ2v) is 3.83. The Kier molecular flexibility index (Phi) is 2.52. The monoisotopic (exact) mass is 239 g/mol. The third-order valence-corrected chi connectivity index (χ3v) is 2.55. The summed E-state index contributed by atoms with van der Waals surface area (Å²) in [5.74, 6) is -1.19. The van der Waals surface area contributed by atoms with Crippen LogP contribution in [0.1, 0.15) is 0 Å². The molecule has 0 saturated carbocycles. The van der Waals surface area contributed by atoms with Gasteiger partial charge in [-0.3, -0.25) is 0 Å². The number of fused-ring (bicyclic) bond motifs is 1. The van der Waals surface area contributed by atoms with Gasteiger partial charge in [-0.05, 0) is 0 Å². The number of nitrogens with two attached hydrogens (primary N) is 2. The summed E-state index contributed by atoms with van der Waals surface area (Å²) in [5.41, 5.74) is 11.7. The number of thioether (sulfide) groups is 1. The Morgan fingerprint density at radius 3 is 2.81 bits per heavy atom. The van der Waals surface area contributed by atoms with Crippen LogP contribution in [-0.4, -0.2) is 31.7 Å². The van der Waals surface area contributed by atoms with Crippen LogP contribution in [0, 0.1) is 0 Å². The summed E-state index contributed by atoms with van der Waals surface area (Å²) in [5, 5.41) is 10.6. The molecule has 5 N–H and O–H groups in total. The van der Waals surface area contributed by atoms with Crippen LogP contribution < -0.4 is 16.6 Å². The van der Waals surface area contributed by atoms with E-state index in [1.165, 1.54) is 0 Å². The van der Waals surface area contributed by atoms with Gasteiger partial charge in [-0.1, -0.05) is 11.8 Å². The number of hydrogen-bond acceptors (Lipinski definition) is 8. The van der Waals surface area contributed by atoms with Crippen LogP contribution in [0.15, 0.2) is 5.16 Å². The van der Waals surface area contributed by atoms with E-state index in [9.17, 15) is 9.90 Å². The van der Waals surface area contributed by atoms with Crippen molar-refractivity contribution in [2.24, 2.45) is 0 Å².